The van der Waals surface area contributed by atoms with Crippen molar-refractivity contribution in [1.82, 2.24) is 14.8 Å². The highest BCUT2D eigenvalue weighted by molar-refractivity contribution is 7.22. The molecule has 0 bridgehead atoms. The maximum atomic E-state index is 13.6. The molecular formula is C19H13FN6O5S. The first kappa shape index (κ1) is 21.0. The Labute approximate surface area is 182 Å². The van der Waals surface area contributed by atoms with Crippen LogP contribution in [0.5, 0.6) is 0 Å². The van der Waals surface area contributed by atoms with Gasteiger partial charge in [-0.25, -0.2) is 9.37 Å². The van der Waals surface area contributed by atoms with Crippen molar-refractivity contribution in [1.29, 1.82) is 0 Å². The summed E-state index contributed by atoms with van der Waals surface area (Å²) in [4.78, 5) is 39.8. The van der Waals surface area contributed by atoms with Crippen LogP contribution in [0.1, 0.15) is 10.4 Å². The molecule has 1 amide bonds. The number of hydrogen-bond donors (Lipinski definition) is 0. The smallest absolute Gasteiger partial charge is 0.277 e. The summed E-state index contributed by atoms with van der Waals surface area (Å²) in [5, 5.41) is 26.7. The van der Waals surface area contributed by atoms with E-state index < -0.39 is 32.9 Å². The van der Waals surface area contributed by atoms with E-state index in [1.54, 1.807) is 23.1 Å². The number of aromatic nitrogens is 3. The fourth-order valence-electron chi connectivity index (χ4n) is 3.01. The van der Waals surface area contributed by atoms with Gasteiger partial charge >= 0.3 is 0 Å². The lowest BCUT2D eigenvalue weighted by Crippen LogP contribution is -2.34. The van der Waals surface area contributed by atoms with Gasteiger partial charge in [0.15, 0.2) is 5.13 Å². The zero-order valence-corrected chi connectivity index (χ0v) is 16.9. The number of benzene rings is 2. The van der Waals surface area contributed by atoms with Gasteiger partial charge < -0.3 is 0 Å². The van der Waals surface area contributed by atoms with E-state index in [1.807, 2.05) is 0 Å². The van der Waals surface area contributed by atoms with Crippen LogP contribution < -0.4 is 4.90 Å². The Kier molecular flexibility index (Phi) is 5.55. The van der Waals surface area contributed by atoms with Gasteiger partial charge in [-0.3, -0.25) is 34.6 Å². The fraction of sp³-hybridized carbons (Fsp3) is 0.105. The van der Waals surface area contributed by atoms with Crippen LogP contribution in [0.4, 0.5) is 20.9 Å². The number of nitro benzene ring substituents is 2. The van der Waals surface area contributed by atoms with Crippen molar-refractivity contribution in [2.75, 3.05) is 11.4 Å². The third kappa shape index (κ3) is 4.27. The lowest BCUT2D eigenvalue weighted by molar-refractivity contribution is -0.394. The molecule has 0 unspecified atom stereocenters. The molecule has 0 radical (unpaired) electrons. The van der Waals surface area contributed by atoms with Crippen LogP contribution in [0.25, 0.3) is 10.2 Å². The number of anilines is 1. The quantitative estimate of drug-likeness (QED) is 0.305. The molecule has 0 aliphatic heterocycles. The van der Waals surface area contributed by atoms with Crippen LogP contribution >= 0.6 is 11.3 Å². The van der Waals surface area contributed by atoms with Gasteiger partial charge in [0.05, 0.1) is 38.2 Å². The monoisotopic (exact) mass is 456 g/mol. The molecule has 2 heterocycles. The topological polar surface area (TPSA) is 137 Å². The maximum Gasteiger partial charge on any atom is 0.277 e. The number of rotatable bonds is 7. The number of fused-ring (bicyclic) bond motifs is 1. The number of halogens is 1. The van der Waals surface area contributed by atoms with E-state index >= 15 is 0 Å². The zero-order chi connectivity index (χ0) is 22.8. The molecule has 11 nitrogen and oxygen atoms in total. The predicted molar refractivity (Wildman–Crippen MR) is 113 cm³/mol. The Morgan fingerprint density at radius 2 is 1.84 bits per heavy atom. The molecule has 0 aliphatic rings. The SMILES string of the molecule is O=C(c1cc([N+](=O)[O-])cc([N+](=O)[O-])c1)N(CCn1cccn1)c1nc2ccc(F)cc2s1. The van der Waals surface area contributed by atoms with Crippen LogP contribution in [0.2, 0.25) is 0 Å². The van der Waals surface area contributed by atoms with E-state index in [9.17, 15) is 29.4 Å². The number of carbonyl (C=O) groups excluding carboxylic acids is 1. The number of carbonyl (C=O) groups is 1. The minimum Gasteiger partial charge on any atom is -0.282 e. The van der Waals surface area contributed by atoms with Crippen LogP contribution in [-0.4, -0.2) is 37.1 Å². The molecule has 13 heteroatoms. The first-order chi connectivity index (χ1) is 15.3. The highest BCUT2D eigenvalue weighted by atomic mass is 32.1. The van der Waals surface area contributed by atoms with Crippen molar-refractivity contribution in [3.05, 3.63) is 86.5 Å². The molecule has 4 aromatic rings. The Hall–Kier alpha value is -4.26. The molecule has 0 fully saturated rings. The predicted octanol–water partition coefficient (Wildman–Crippen LogP) is 3.80. The Balaban J connectivity index is 1.77. The van der Waals surface area contributed by atoms with Crippen molar-refractivity contribution in [3.8, 4) is 0 Å². The molecule has 2 aromatic heterocycles. The second-order valence-electron chi connectivity index (χ2n) is 6.59. The van der Waals surface area contributed by atoms with Crippen LogP contribution in [0, 0.1) is 26.0 Å². The zero-order valence-electron chi connectivity index (χ0n) is 16.1. The van der Waals surface area contributed by atoms with Gasteiger partial charge in [-0.2, -0.15) is 5.10 Å². The van der Waals surface area contributed by atoms with E-state index in [0.717, 1.165) is 29.5 Å². The average Bonchev–Trinajstić information content (AvgIpc) is 3.42. The van der Waals surface area contributed by atoms with E-state index in [0.29, 0.717) is 10.2 Å². The Morgan fingerprint density at radius 1 is 1.12 bits per heavy atom. The Morgan fingerprint density at radius 3 is 2.47 bits per heavy atom. The molecule has 0 saturated heterocycles. The lowest BCUT2D eigenvalue weighted by Gasteiger charge is -2.20. The number of nitrogens with zero attached hydrogens (tertiary/aromatic N) is 6. The average molecular weight is 456 g/mol. The first-order valence-electron chi connectivity index (χ1n) is 9.11. The molecule has 2 aromatic carbocycles. The molecule has 0 aliphatic carbocycles. The summed E-state index contributed by atoms with van der Waals surface area (Å²) in [5.41, 5.74) is -0.938. The molecule has 0 saturated carbocycles. The maximum absolute atomic E-state index is 13.6. The van der Waals surface area contributed by atoms with Gasteiger partial charge in [0, 0.05) is 31.1 Å². The number of hydrogen-bond acceptors (Lipinski definition) is 8. The summed E-state index contributed by atoms with van der Waals surface area (Å²) in [7, 11) is 0. The normalized spacial score (nSPS) is 10.9. The summed E-state index contributed by atoms with van der Waals surface area (Å²) in [6.07, 6.45) is 3.26. The van der Waals surface area contributed by atoms with E-state index in [1.165, 1.54) is 23.1 Å². The molecule has 32 heavy (non-hydrogen) atoms. The number of non-ortho nitro benzene ring substituents is 2. The van der Waals surface area contributed by atoms with Gasteiger partial charge in [0.2, 0.25) is 0 Å². The number of nitro groups is 2. The molecule has 0 atom stereocenters. The minimum atomic E-state index is -0.807. The van der Waals surface area contributed by atoms with Crippen molar-refractivity contribution in [2.45, 2.75) is 6.54 Å². The second-order valence-corrected chi connectivity index (χ2v) is 7.60. The molecular weight excluding hydrogens is 443 g/mol. The van der Waals surface area contributed by atoms with Gasteiger partial charge in [0.25, 0.3) is 17.3 Å². The van der Waals surface area contributed by atoms with Crippen LogP contribution in [-0.2, 0) is 6.54 Å². The van der Waals surface area contributed by atoms with E-state index in [4.69, 9.17) is 0 Å². The van der Waals surface area contributed by atoms with Gasteiger partial charge in [-0.1, -0.05) is 11.3 Å². The van der Waals surface area contributed by atoms with Crippen molar-refractivity contribution in [2.24, 2.45) is 0 Å². The summed E-state index contributed by atoms with van der Waals surface area (Å²) >= 11 is 1.06. The first-order valence-corrected chi connectivity index (χ1v) is 9.93. The molecule has 0 N–H and O–H groups in total. The summed E-state index contributed by atoms with van der Waals surface area (Å²) in [6, 6.07) is 8.43. The molecule has 0 spiro atoms. The van der Waals surface area contributed by atoms with Gasteiger partial charge in [-0.05, 0) is 24.3 Å². The third-order valence-corrected chi connectivity index (χ3v) is 5.54. The van der Waals surface area contributed by atoms with Crippen LogP contribution in [0.3, 0.4) is 0 Å². The van der Waals surface area contributed by atoms with E-state index in [2.05, 4.69) is 10.1 Å². The number of amides is 1. The summed E-state index contributed by atoms with van der Waals surface area (Å²) in [6.45, 7) is 0.333. The van der Waals surface area contributed by atoms with E-state index in [-0.39, 0.29) is 23.8 Å². The van der Waals surface area contributed by atoms with Crippen LogP contribution in [0.15, 0.2) is 54.9 Å². The third-order valence-electron chi connectivity index (χ3n) is 4.50. The number of thiazole rings is 1. The van der Waals surface area contributed by atoms with Crippen molar-refractivity contribution in [3.63, 3.8) is 0 Å². The highest BCUT2D eigenvalue weighted by Gasteiger charge is 2.26. The lowest BCUT2D eigenvalue weighted by atomic mass is 10.1. The largest absolute Gasteiger partial charge is 0.282 e. The molecule has 162 valence electrons. The second kappa shape index (κ2) is 8.47. The summed E-state index contributed by atoms with van der Waals surface area (Å²) in [5.74, 6) is -1.18. The van der Waals surface area contributed by atoms with Crippen molar-refractivity contribution >= 4 is 44.0 Å². The summed E-state index contributed by atoms with van der Waals surface area (Å²) < 4.78 is 15.7. The van der Waals surface area contributed by atoms with Gasteiger partial charge in [-0.15, -0.1) is 0 Å². The Bertz CT molecular complexity index is 1310. The molecule has 4 rings (SSSR count). The standard InChI is InChI=1S/C19H13FN6O5S/c20-13-2-3-16-17(10-13)32-19(22-16)24(7-6-23-5-1-4-21-23)18(27)12-8-14(25(28)29)11-15(9-12)26(30)31/h1-5,8-11H,6-7H2. The fourth-order valence-corrected chi connectivity index (χ4v) is 4.02. The van der Waals surface area contributed by atoms with Crippen molar-refractivity contribution < 1.29 is 19.0 Å². The highest BCUT2D eigenvalue weighted by Crippen LogP contribution is 2.31. The minimum absolute atomic E-state index is 0.0688. The van der Waals surface area contributed by atoms with Gasteiger partial charge in [0.1, 0.15) is 5.82 Å².